The van der Waals surface area contributed by atoms with Crippen molar-refractivity contribution in [1.82, 2.24) is 0 Å². The minimum absolute atomic E-state index is 0.0943. The molecule has 0 aliphatic heterocycles. The summed E-state index contributed by atoms with van der Waals surface area (Å²) in [6.45, 7) is 4.51. The molecule has 20 heavy (non-hydrogen) atoms. The van der Waals surface area contributed by atoms with Crippen LogP contribution in [0.4, 0.5) is 0 Å². The van der Waals surface area contributed by atoms with Gasteiger partial charge in [0.2, 0.25) is 0 Å². The number of aliphatic hydroxyl groups excluding tert-OH is 1. The van der Waals surface area contributed by atoms with E-state index in [2.05, 4.69) is 38.1 Å². The number of hydrogen-bond acceptors (Lipinski definition) is 2. The van der Waals surface area contributed by atoms with Gasteiger partial charge in [-0.15, -0.1) is 0 Å². The van der Waals surface area contributed by atoms with Gasteiger partial charge in [0, 0.05) is 12.0 Å². The van der Waals surface area contributed by atoms with E-state index in [1.807, 2.05) is 0 Å². The Kier molecular flexibility index (Phi) is 3.42. The molecule has 2 fully saturated rings. The molecular formula is C18H26O2. The molecule has 2 nitrogen and oxygen atoms in total. The van der Waals surface area contributed by atoms with Crippen molar-refractivity contribution in [2.45, 2.75) is 57.5 Å². The van der Waals surface area contributed by atoms with Crippen LogP contribution in [-0.4, -0.2) is 22.4 Å². The largest absolute Gasteiger partial charge is 0.396 e. The van der Waals surface area contributed by atoms with Crippen molar-refractivity contribution in [3.8, 4) is 0 Å². The van der Waals surface area contributed by atoms with Crippen LogP contribution >= 0.6 is 0 Å². The minimum atomic E-state index is -0.589. The summed E-state index contributed by atoms with van der Waals surface area (Å²) in [6, 6.07) is 8.76. The van der Waals surface area contributed by atoms with Crippen LogP contribution in [0.1, 0.15) is 56.1 Å². The highest BCUT2D eigenvalue weighted by atomic mass is 16.3. The fraction of sp³-hybridized carbons (Fsp3) is 0.667. The van der Waals surface area contributed by atoms with E-state index in [9.17, 15) is 10.2 Å². The number of benzene rings is 1. The van der Waals surface area contributed by atoms with Crippen LogP contribution in [0, 0.1) is 18.3 Å². The lowest BCUT2D eigenvalue weighted by atomic mass is 9.59. The van der Waals surface area contributed by atoms with Gasteiger partial charge >= 0.3 is 0 Å². The standard InChI is InChI=1S/C18H26O2/c1-13-3-5-14(6-4-13)15-7-9-17(2)16(12-19)8-10-18(17,20)11-15/h3-6,15-16,19-20H,7-12H2,1-2H3/t15-,16+,17+,18-/m0/s1. The highest BCUT2D eigenvalue weighted by molar-refractivity contribution is 5.27. The Morgan fingerprint density at radius 2 is 1.85 bits per heavy atom. The fourth-order valence-corrected chi connectivity index (χ4v) is 4.57. The van der Waals surface area contributed by atoms with Gasteiger partial charge in [-0.1, -0.05) is 36.8 Å². The van der Waals surface area contributed by atoms with Crippen molar-refractivity contribution in [3.05, 3.63) is 35.4 Å². The van der Waals surface area contributed by atoms with Crippen molar-refractivity contribution in [2.24, 2.45) is 11.3 Å². The van der Waals surface area contributed by atoms with Crippen LogP contribution in [0.2, 0.25) is 0 Å². The average molecular weight is 274 g/mol. The van der Waals surface area contributed by atoms with Gasteiger partial charge in [-0.3, -0.25) is 0 Å². The van der Waals surface area contributed by atoms with E-state index in [-0.39, 0.29) is 17.9 Å². The smallest absolute Gasteiger partial charge is 0.0710 e. The Morgan fingerprint density at radius 3 is 2.50 bits per heavy atom. The van der Waals surface area contributed by atoms with Crippen LogP contribution in [0.3, 0.4) is 0 Å². The molecule has 0 unspecified atom stereocenters. The van der Waals surface area contributed by atoms with Gasteiger partial charge in [-0.2, -0.15) is 0 Å². The van der Waals surface area contributed by atoms with E-state index >= 15 is 0 Å². The Bertz CT molecular complexity index is 481. The molecule has 110 valence electrons. The Labute approximate surface area is 121 Å². The van der Waals surface area contributed by atoms with Gasteiger partial charge in [-0.05, 0) is 56.4 Å². The molecule has 1 aromatic rings. The third kappa shape index (κ3) is 2.01. The van der Waals surface area contributed by atoms with E-state index in [0.717, 1.165) is 32.1 Å². The predicted octanol–water partition coefficient (Wildman–Crippen LogP) is 3.40. The maximum atomic E-state index is 11.1. The zero-order valence-electron chi connectivity index (χ0n) is 12.6. The molecule has 2 aliphatic carbocycles. The first-order chi connectivity index (χ1) is 9.48. The van der Waals surface area contributed by atoms with Gasteiger partial charge in [0.1, 0.15) is 0 Å². The molecule has 0 radical (unpaired) electrons. The normalized spacial score (nSPS) is 40.6. The summed E-state index contributed by atoms with van der Waals surface area (Å²) in [4.78, 5) is 0. The molecule has 4 atom stereocenters. The molecule has 2 aliphatic rings. The molecule has 0 aromatic heterocycles. The number of fused-ring (bicyclic) bond motifs is 1. The number of aliphatic hydroxyl groups is 2. The van der Waals surface area contributed by atoms with E-state index in [4.69, 9.17) is 0 Å². The molecule has 0 spiro atoms. The fourth-order valence-electron chi connectivity index (χ4n) is 4.57. The summed E-state index contributed by atoms with van der Waals surface area (Å²) in [7, 11) is 0. The second-order valence-electron chi connectivity index (χ2n) is 7.22. The lowest BCUT2D eigenvalue weighted by molar-refractivity contribution is -0.110. The highest BCUT2D eigenvalue weighted by Gasteiger charge is 2.58. The minimum Gasteiger partial charge on any atom is -0.396 e. The third-order valence-electron chi connectivity index (χ3n) is 6.24. The molecule has 2 N–H and O–H groups in total. The van der Waals surface area contributed by atoms with Gasteiger partial charge < -0.3 is 10.2 Å². The molecule has 2 heteroatoms. The van der Waals surface area contributed by atoms with Crippen molar-refractivity contribution in [2.75, 3.05) is 6.61 Å². The molecule has 3 rings (SSSR count). The summed E-state index contributed by atoms with van der Waals surface area (Å²) < 4.78 is 0. The van der Waals surface area contributed by atoms with Crippen LogP contribution in [0.15, 0.2) is 24.3 Å². The first kappa shape index (κ1) is 14.1. The van der Waals surface area contributed by atoms with Crippen molar-refractivity contribution in [1.29, 1.82) is 0 Å². The second kappa shape index (κ2) is 4.85. The Balaban J connectivity index is 1.83. The lowest BCUT2D eigenvalue weighted by Crippen LogP contribution is -2.49. The molecular weight excluding hydrogens is 248 g/mol. The van der Waals surface area contributed by atoms with E-state index < -0.39 is 5.60 Å². The predicted molar refractivity (Wildman–Crippen MR) is 80.6 cm³/mol. The Morgan fingerprint density at radius 1 is 1.15 bits per heavy atom. The highest BCUT2D eigenvalue weighted by Crippen LogP contribution is 2.60. The monoisotopic (exact) mass is 274 g/mol. The zero-order chi connectivity index (χ0) is 14.4. The number of aryl methyl sites for hydroxylation is 1. The summed E-state index contributed by atoms with van der Waals surface area (Å²) in [5.74, 6) is 0.734. The number of hydrogen-bond donors (Lipinski definition) is 2. The molecule has 0 bridgehead atoms. The van der Waals surface area contributed by atoms with Crippen molar-refractivity contribution >= 4 is 0 Å². The second-order valence-corrected chi connectivity index (χ2v) is 7.22. The number of rotatable bonds is 2. The SMILES string of the molecule is Cc1ccc([C@H]2CC[C@]3(C)[C@@H](CO)CC[C@]3(O)C2)cc1. The topological polar surface area (TPSA) is 40.5 Å². The molecule has 0 amide bonds. The summed E-state index contributed by atoms with van der Waals surface area (Å²) >= 11 is 0. The average Bonchev–Trinajstić information content (AvgIpc) is 2.70. The molecule has 0 heterocycles. The summed E-state index contributed by atoms with van der Waals surface area (Å²) in [5, 5.41) is 20.7. The van der Waals surface area contributed by atoms with Crippen molar-refractivity contribution in [3.63, 3.8) is 0 Å². The summed E-state index contributed by atoms with van der Waals surface area (Å²) in [5.41, 5.74) is 1.96. The van der Waals surface area contributed by atoms with Gasteiger partial charge in [0.25, 0.3) is 0 Å². The maximum absolute atomic E-state index is 11.1. The van der Waals surface area contributed by atoms with E-state index in [1.165, 1.54) is 11.1 Å². The van der Waals surface area contributed by atoms with E-state index in [1.54, 1.807) is 0 Å². The van der Waals surface area contributed by atoms with Crippen molar-refractivity contribution < 1.29 is 10.2 Å². The van der Waals surface area contributed by atoms with Crippen LogP contribution < -0.4 is 0 Å². The van der Waals surface area contributed by atoms with Gasteiger partial charge in [0.15, 0.2) is 0 Å². The first-order valence-corrected chi connectivity index (χ1v) is 7.88. The lowest BCUT2D eigenvalue weighted by Gasteiger charge is -2.49. The van der Waals surface area contributed by atoms with E-state index in [0.29, 0.717) is 5.92 Å². The molecule has 2 saturated carbocycles. The maximum Gasteiger partial charge on any atom is 0.0710 e. The first-order valence-electron chi connectivity index (χ1n) is 7.88. The van der Waals surface area contributed by atoms with Crippen LogP contribution in [-0.2, 0) is 0 Å². The zero-order valence-corrected chi connectivity index (χ0v) is 12.6. The third-order valence-corrected chi connectivity index (χ3v) is 6.24. The molecule has 0 saturated heterocycles. The summed E-state index contributed by atoms with van der Waals surface area (Å²) in [6.07, 6.45) is 4.80. The van der Waals surface area contributed by atoms with Crippen LogP contribution in [0.5, 0.6) is 0 Å². The van der Waals surface area contributed by atoms with Gasteiger partial charge in [0.05, 0.1) is 5.60 Å². The van der Waals surface area contributed by atoms with Crippen LogP contribution in [0.25, 0.3) is 0 Å². The quantitative estimate of drug-likeness (QED) is 0.867. The molecule has 1 aromatic carbocycles. The van der Waals surface area contributed by atoms with Gasteiger partial charge in [-0.25, -0.2) is 0 Å². The Hall–Kier alpha value is -0.860.